The van der Waals surface area contributed by atoms with E-state index in [0.29, 0.717) is 6.20 Å². The van der Waals surface area contributed by atoms with Crippen molar-refractivity contribution in [3.05, 3.63) is 65.9 Å². The number of nitrogens with zero attached hydrogens (tertiary/aromatic N) is 2. The first-order chi connectivity index (χ1) is 16.3. The van der Waals surface area contributed by atoms with Crippen molar-refractivity contribution in [1.82, 2.24) is 4.98 Å². The van der Waals surface area contributed by atoms with E-state index >= 15 is 0 Å². The molecule has 3 rings (SSSR count). The van der Waals surface area contributed by atoms with Gasteiger partial charge in [-0.15, -0.1) is 0 Å². The topological polar surface area (TPSA) is 101 Å². The zero-order chi connectivity index (χ0) is 26.0. The number of aromatic nitrogens is 1. The van der Waals surface area contributed by atoms with Crippen molar-refractivity contribution >= 4 is 55.1 Å². The number of hydrogen-bond donors (Lipinski definition) is 0. The standard InChI is InChI=1S/C23H19F3N2O5S2/c1-14(29)12-28(19-6-3-16(4-7-19)22(31)13-34-15(2)30)35(32,33)20-8-5-17-9-18(23(24,25)26)11-27-21(17)10-20/h3-11H,12-13H2,1-2H3. The van der Waals surface area contributed by atoms with Crippen LogP contribution in [0.1, 0.15) is 29.8 Å². The molecule has 0 fully saturated rings. The zero-order valence-electron chi connectivity index (χ0n) is 18.5. The summed E-state index contributed by atoms with van der Waals surface area (Å²) in [4.78, 5) is 38.6. The van der Waals surface area contributed by atoms with Crippen molar-refractivity contribution in [2.75, 3.05) is 16.6 Å². The summed E-state index contributed by atoms with van der Waals surface area (Å²) in [6.45, 7) is 2.04. The van der Waals surface area contributed by atoms with Crippen LogP contribution < -0.4 is 4.31 Å². The van der Waals surface area contributed by atoms with Crippen molar-refractivity contribution in [2.45, 2.75) is 24.9 Å². The van der Waals surface area contributed by atoms with Gasteiger partial charge in [0.15, 0.2) is 10.9 Å². The van der Waals surface area contributed by atoms with Crippen molar-refractivity contribution < 1.29 is 36.0 Å². The Morgan fingerprint density at radius 3 is 2.23 bits per heavy atom. The van der Waals surface area contributed by atoms with E-state index in [9.17, 15) is 36.0 Å². The number of sulfonamides is 1. The van der Waals surface area contributed by atoms with Crippen molar-refractivity contribution in [3.8, 4) is 0 Å². The van der Waals surface area contributed by atoms with Crippen LogP contribution in [0.5, 0.6) is 0 Å². The molecule has 0 saturated carbocycles. The molecule has 0 radical (unpaired) electrons. The number of benzene rings is 2. The second-order valence-corrected chi connectivity index (χ2v) is 10.6. The molecule has 3 aromatic rings. The van der Waals surface area contributed by atoms with Crippen LogP contribution in [0.4, 0.5) is 18.9 Å². The Morgan fingerprint density at radius 1 is 1.00 bits per heavy atom. The number of Topliss-reactive ketones (excluding diaryl/α,β-unsaturated/α-hetero) is 2. The molecule has 2 aromatic carbocycles. The number of carbonyl (C=O) groups excluding carboxylic acids is 3. The number of pyridine rings is 1. The Kier molecular flexibility index (Phi) is 7.65. The summed E-state index contributed by atoms with van der Waals surface area (Å²) in [5, 5.41) is -0.114. The van der Waals surface area contributed by atoms with Gasteiger partial charge in [0, 0.05) is 24.1 Å². The molecule has 0 spiro atoms. The van der Waals surface area contributed by atoms with E-state index in [-0.39, 0.29) is 43.7 Å². The third-order valence-electron chi connectivity index (χ3n) is 4.82. The Labute approximate surface area is 203 Å². The lowest BCUT2D eigenvalue weighted by Crippen LogP contribution is -2.35. The number of alkyl halides is 3. The maximum Gasteiger partial charge on any atom is 0.417 e. The molecule has 0 aliphatic rings. The second kappa shape index (κ2) is 10.2. The summed E-state index contributed by atoms with van der Waals surface area (Å²) < 4.78 is 66.5. The average Bonchev–Trinajstić information content (AvgIpc) is 2.79. The number of thioether (sulfide) groups is 1. The number of ketones is 2. The van der Waals surface area contributed by atoms with Gasteiger partial charge in [-0.1, -0.05) is 17.8 Å². The van der Waals surface area contributed by atoms with Crippen molar-refractivity contribution in [2.24, 2.45) is 0 Å². The smallest absolute Gasteiger partial charge is 0.298 e. The highest BCUT2D eigenvalue weighted by Crippen LogP contribution is 2.32. The van der Waals surface area contributed by atoms with E-state index in [2.05, 4.69) is 4.98 Å². The molecule has 12 heteroatoms. The highest BCUT2D eigenvalue weighted by molar-refractivity contribution is 8.14. The molecule has 0 aliphatic carbocycles. The van der Waals surface area contributed by atoms with Crippen LogP contribution in [0.2, 0.25) is 0 Å². The minimum Gasteiger partial charge on any atom is -0.298 e. The van der Waals surface area contributed by atoms with Crippen LogP contribution in [-0.4, -0.2) is 42.4 Å². The second-order valence-electron chi connectivity index (χ2n) is 7.54. The fraction of sp³-hybridized carbons (Fsp3) is 0.217. The lowest BCUT2D eigenvalue weighted by atomic mass is 10.1. The number of carbonyl (C=O) groups is 3. The molecule has 0 unspecified atom stereocenters. The quantitative estimate of drug-likeness (QED) is 0.400. The van der Waals surface area contributed by atoms with Gasteiger partial charge in [-0.3, -0.25) is 23.7 Å². The molecule has 1 aromatic heterocycles. The van der Waals surface area contributed by atoms with Crippen LogP contribution in [0.25, 0.3) is 10.9 Å². The van der Waals surface area contributed by atoms with Gasteiger partial charge in [0.25, 0.3) is 10.0 Å². The SMILES string of the molecule is CC(=O)CN(c1ccc(C(=O)CSC(C)=O)cc1)S(=O)(=O)c1ccc2cc(C(F)(F)F)cnc2c1. The molecule has 0 bridgehead atoms. The average molecular weight is 525 g/mol. The number of anilines is 1. The van der Waals surface area contributed by atoms with Crippen LogP contribution >= 0.6 is 11.8 Å². The Balaban J connectivity index is 1.97. The van der Waals surface area contributed by atoms with Crippen LogP contribution in [0.15, 0.2) is 59.6 Å². The number of hydrogen-bond acceptors (Lipinski definition) is 7. The summed E-state index contributed by atoms with van der Waals surface area (Å²) in [5.41, 5.74) is -0.560. The molecule has 184 valence electrons. The van der Waals surface area contributed by atoms with E-state index < -0.39 is 34.1 Å². The highest BCUT2D eigenvalue weighted by atomic mass is 32.2. The molecule has 35 heavy (non-hydrogen) atoms. The van der Waals surface area contributed by atoms with Gasteiger partial charge in [0.05, 0.1) is 34.0 Å². The first-order valence-corrected chi connectivity index (χ1v) is 12.5. The van der Waals surface area contributed by atoms with E-state index in [1.54, 1.807) is 0 Å². The molecule has 0 saturated heterocycles. The Hall–Kier alpha value is -3.25. The third kappa shape index (κ3) is 6.25. The molecule has 0 atom stereocenters. The summed E-state index contributed by atoms with van der Waals surface area (Å²) >= 11 is 0.850. The maximum absolute atomic E-state index is 13.4. The van der Waals surface area contributed by atoms with Gasteiger partial charge >= 0.3 is 6.18 Å². The van der Waals surface area contributed by atoms with Gasteiger partial charge in [0.1, 0.15) is 5.78 Å². The fourth-order valence-corrected chi connectivity index (χ4v) is 5.13. The molecular formula is C23H19F3N2O5S2. The van der Waals surface area contributed by atoms with E-state index in [1.165, 1.54) is 44.2 Å². The predicted molar refractivity (Wildman–Crippen MR) is 126 cm³/mol. The third-order valence-corrected chi connectivity index (χ3v) is 7.40. The van der Waals surface area contributed by atoms with Crippen LogP contribution in [0, 0.1) is 0 Å². The Bertz CT molecular complexity index is 1400. The molecule has 0 N–H and O–H groups in total. The first kappa shape index (κ1) is 26.4. The van der Waals surface area contributed by atoms with E-state index in [4.69, 9.17) is 0 Å². The van der Waals surface area contributed by atoms with Crippen LogP contribution in [0.3, 0.4) is 0 Å². The summed E-state index contributed by atoms with van der Waals surface area (Å²) in [6, 6.07) is 9.86. The lowest BCUT2D eigenvalue weighted by Gasteiger charge is -2.23. The minimum atomic E-state index is -4.59. The molecule has 0 amide bonds. The van der Waals surface area contributed by atoms with Gasteiger partial charge < -0.3 is 0 Å². The molecule has 0 aliphatic heterocycles. The van der Waals surface area contributed by atoms with Gasteiger partial charge in [-0.05, 0) is 49.4 Å². The summed E-state index contributed by atoms with van der Waals surface area (Å²) in [7, 11) is -4.32. The van der Waals surface area contributed by atoms with Crippen molar-refractivity contribution in [3.63, 3.8) is 0 Å². The minimum absolute atomic E-state index is 0.0331. The van der Waals surface area contributed by atoms with E-state index in [1.807, 2.05) is 0 Å². The van der Waals surface area contributed by atoms with Crippen molar-refractivity contribution in [1.29, 1.82) is 0 Å². The van der Waals surface area contributed by atoms with E-state index in [0.717, 1.165) is 34.3 Å². The normalized spacial score (nSPS) is 11.9. The summed E-state index contributed by atoms with van der Waals surface area (Å²) in [6.07, 6.45) is -3.98. The fourth-order valence-electron chi connectivity index (χ4n) is 3.13. The number of rotatable bonds is 8. The molecule has 1 heterocycles. The Morgan fingerprint density at radius 2 is 1.66 bits per heavy atom. The molecular weight excluding hydrogens is 505 g/mol. The highest BCUT2D eigenvalue weighted by Gasteiger charge is 2.31. The largest absolute Gasteiger partial charge is 0.417 e. The monoisotopic (exact) mass is 524 g/mol. The maximum atomic E-state index is 13.4. The number of halogens is 3. The summed E-state index contributed by atoms with van der Waals surface area (Å²) in [5.74, 6) is -0.846. The van der Waals surface area contributed by atoms with Gasteiger partial charge in [-0.25, -0.2) is 8.42 Å². The van der Waals surface area contributed by atoms with Crippen LogP contribution in [-0.2, 0) is 25.8 Å². The zero-order valence-corrected chi connectivity index (χ0v) is 20.1. The number of fused-ring (bicyclic) bond motifs is 1. The molecule has 7 nitrogen and oxygen atoms in total. The lowest BCUT2D eigenvalue weighted by molar-refractivity contribution is -0.137. The predicted octanol–water partition coefficient (Wildman–Crippen LogP) is 4.50. The first-order valence-electron chi connectivity index (χ1n) is 10.0. The van der Waals surface area contributed by atoms with Gasteiger partial charge in [0.2, 0.25) is 0 Å². The van der Waals surface area contributed by atoms with Gasteiger partial charge in [-0.2, -0.15) is 13.2 Å².